The second-order valence-electron chi connectivity index (χ2n) is 4.05. The molecule has 0 radical (unpaired) electrons. The lowest BCUT2D eigenvalue weighted by molar-refractivity contribution is 0.147. The number of nitrogens with zero attached hydrogens (tertiary/aromatic N) is 1. The van der Waals surface area contributed by atoms with Crippen molar-refractivity contribution in [1.29, 1.82) is 0 Å². The van der Waals surface area contributed by atoms with E-state index < -0.39 is 0 Å². The van der Waals surface area contributed by atoms with Gasteiger partial charge >= 0.3 is 0 Å². The van der Waals surface area contributed by atoms with E-state index in [0.29, 0.717) is 0 Å². The maximum absolute atomic E-state index is 13.1. The van der Waals surface area contributed by atoms with Crippen molar-refractivity contribution in [1.82, 2.24) is 10.2 Å². The van der Waals surface area contributed by atoms with E-state index in [4.69, 9.17) is 0 Å². The minimum atomic E-state index is -0.384. The van der Waals surface area contributed by atoms with Crippen LogP contribution in [0.4, 0.5) is 4.39 Å². The third-order valence-electron chi connectivity index (χ3n) is 3.02. The third kappa shape index (κ3) is 2.51. The SMILES string of the molecule is Oc1ccc([C@H](CF)N2CCNCC2)cc1. The van der Waals surface area contributed by atoms with E-state index in [-0.39, 0.29) is 18.5 Å². The Hall–Kier alpha value is -1.13. The molecule has 1 heterocycles. The molecule has 0 amide bonds. The molecule has 16 heavy (non-hydrogen) atoms. The monoisotopic (exact) mass is 224 g/mol. The van der Waals surface area contributed by atoms with Crippen LogP contribution in [-0.4, -0.2) is 42.9 Å². The number of halogens is 1. The highest BCUT2D eigenvalue weighted by Crippen LogP contribution is 2.23. The standard InChI is InChI=1S/C12H17FN2O/c13-9-12(15-7-5-14-6-8-15)10-1-3-11(16)4-2-10/h1-4,12,14,16H,5-9H2/t12-/m0/s1. The minimum absolute atomic E-state index is 0.178. The number of hydrogen-bond donors (Lipinski definition) is 2. The Kier molecular flexibility index (Phi) is 3.74. The Morgan fingerprint density at radius 2 is 1.88 bits per heavy atom. The van der Waals surface area contributed by atoms with Gasteiger partial charge in [0.05, 0.1) is 6.04 Å². The molecular formula is C12H17FN2O. The number of phenols is 1. The van der Waals surface area contributed by atoms with Crippen molar-refractivity contribution in [2.75, 3.05) is 32.9 Å². The summed E-state index contributed by atoms with van der Waals surface area (Å²) in [5.41, 5.74) is 0.933. The van der Waals surface area contributed by atoms with Gasteiger partial charge in [-0.1, -0.05) is 12.1 Å². The van der Waals surface area contributed by atoms with Crippen LogP contribution < -0.4 is 5.32 Å². The summed E-state index contributed by atoms with van der Waals surface area (Å²) in [5.74, 6) is 0.224. The zero-order valence-electron chi connectivity index (χ0n) is 9.19. The molecule has 1 fully saturated rings. The van der Waals surface area contributed by atoms with Crippen LogP contribution in [0.25, 0.3) is 0 Å². The highest BCUT2D eigenvalue weighted by Gasteiger charge is 2.21. The quantitative estimate of drug-likeness (QED) is 0.812. The van der Waals surface area contributed by atoms with Gasteiger partial charge in [-0.05, 0) is 17.7 Å². The van der Waals surface area contributed by atoms with Gasteiger partial charge in [-0.15, -0.1) is 0 Å². The van der Waals surface area contributed by atoms with Crippen molar-refractivity contribution >= 4 is 0 Å². The predicted octanol–water partition coefficient (Wildman–Crippen LogP) is 1.31. The van der Waals surface area contributed by atoms with Gasteiger partial charge in [-0.3, -0.25) is 4.90 Å². The van der Waals surface area contributed by atoms with Crippen LogP contribution in [0.2, 0.25) is 0 Å². The minimum Gasteiger partial charge on any atom is -0.508 e. The number of benzene rings is 1. The van der Waals surface area contributed by atoms with E-state index in [1.807, 2.05) is 0 Å². The van der Waals surface area contributed by atoms with Crippen LogP contribution in [0.3, 0.4) is 0 Å². The van der Waals surface area contributed by atoms with Crippen LogP contribution in [-0.2, 0) is 0 Å². The van der Waals surface area contributed by atoms with Crippen molar-refractivity contribution in [3.8, 4) is 5.75 Å². The van der Waals surface area contributed by atoms with Crippen molar-refractivity contribution in [2.24, 2.45) is 0 Å². The molecule has 0 spiro atoms. The molecule has 1 aromatic rings. The summed E-state index contributed by atoms with van der Waals surface area (Å²) in [6, 6.07) is 6.63. The van der Waals surface area contributed by atoms with Gasteiger partial charge in [0, 0.05) is 26.2 Å². The van der Waals surface area contributed by atoms with Gasteiger partial charge in [0.25, 0.3) is 0 Å². The molecule has 1 aromatic carbocycles. The first-order valence-electron chi connectivity index (χ1n) is 5.61. The molecule has 0 bridgehead atoms. The van der Waals surface area contributed by atoms with Crippen LogP contribution in [0, 0.1) is 0 Å². The second kappa shape index (κ2) is 5.27. The van der Waals surface area contributed by atoms with Crippen LogP contribution in [0.5, 0.6) is 5.75 Å². The van der Waals surface area contributed by atoms with Gasteiger partial charge in [0.2, 0.25) is 0 Å². The molecule has 0 saturated carbocycles. The van der Waals surface area contributed by atoms with Gasteiger partial charge < -0.3 is 10.4 Å². The first-order chi connectivity index (χ1) is 7.81. The molecule has 1 aliphatic heterocycles. The van der Waals surface area contributed by atoms with E-state index in [1.165, 1.54) is 0 Å². The molecule has 0 aliphatic carbocycles. The van der Waals surface area contributed by atoms with Gasteiger partial charge in [-0.25, -0.2) is 4.39 Å². The number of piperazine rings is 1. The van der Waals surface area contributed by atoms with Gasteiger partial charge in [0.15, 0.2) is 0 Å². The fourth-order valence-corrected chi connectivity index (χ4v) is 2.09. The van der Waals surface area contributed by atoms with E-state index >= 15 is 0 Å². The molecule has 0 aromatic heterocycles. The number of phenolic OH excluding ortho intramolecular Hbond substituents is 1. The number of alkyl halides is 1. The van der Waals surface area contributed by atoms with Crippen molar-refractivity contribution in [3.63, 3.8) is 0 Å². The Balaban J connectivity index is 2.11. The maximum Gasteiger partial charge on any atom is 0.115 e. The lowest BCUT2D eigenvalue weighted by Gasteiger charge is -2.33. The zero-order valence-corrected chi connectivity index (χ0v) is 9.19. The lowest BCUT2D eigenvalue weighted by Crippen LogP contribution is -2.45. The summed E-state index contributed by atoms with van der Waals surface area (Å²) in [6.07, 6.45) is 0. The number of hydrogen-bond acceptors (Lipinski definition) is 3. The lowest BCUT2D eigenvalue weighted by atomic mass is 10.1. The van der Waals surface area contributed by atoms with Crippen molar-refractivity contribution < 1.29 is 9.50 Å². The molecule has 2 N–H and O–H groups in total. The first kappa shape index (κ1) is 11.4. The molecule has 88 valence electrons. The topological polar surface area (TPSA) is 35.5 Å². The van der Waals surface area contributed by atoms with Crippen LogP contribution in [0.15, 0.2) is 24.3 Å². The van der Waals surface area contributed by atoms with E-state index in [0.717, 1.165) is 31.7 Å². The van der Waals surface area contributed by atoms with E-state index in [2.05, 4.69) is 10.2 Å². The Bertz CT molecular complexity index is 322. The summed E-state index contributed by atoms with van der Waals surface area (Å²) in [7, 11) is 0. The third-order valence-corrected chi connectivity index (χ3v) is 3.02. The zero-order chi connectivity index (χ0) is 11.4. The number of rotatable bonds is 3. The summed E-state index contributed by atoms with van der Waals surface area (Å²) in [5, 5.41) is 12.5. The molecule has 2 rings (SSSR count). The van der Waals surface area contributed by atoms with E-state index in [1.54, 1.807) is 24.3 Å². The predicted molar refractivity (Wildman–Crippen MR) is 61.3 cm³/mol. The Morgan fingerprint density at radius 1 is 1.25 bits per heavy atom. The maximum atomic E-state index is 13.1. The van der Waals surface area contributed by atoms with Gasteiger partial charge in [-0.2, -0.15) is 0 Å². The van der Waals surface area contributed by atoms with Crippen molar-refractivity contribution in [3.05, 3.63) is 29.8 Å². The van der Waals surface area contributed by atoms with Crippen molar-refractivity contribution in [2.45, 2.75) is 6.04 Å². The fourth-order valence-electron chi connectivity index (χ4n) is 2.09. The fraction of sp³-hybridized carbons (Fsp3) is 0.500. The first-order valence-corrected chi connectivity index (χ1v) is 5.61. The number of nitrogens with one attached hydrogen (secondary N) is 1. The Labute approximate surface area is 94.9 Å². The van der Waals surface area contributed by atoms with Crippen LogP contribution in [0.1, 0.15) is 11.6 Å². The summed E-state index contributed by atoms with van der Waals surface area (Å²) in [6.45, 7) is 3.18. The summed E-state index contributed by atoms with van der Waals surface area (Å²) in [4.78, 5) is 2.14. The molecule has 4 heteroatoms. The Morgan fingerprint density at radius 3 is 2.44 bits per heavy atom. The average molecular weight is 224 g/mol. The average Bonchev–Trinajstić information content (AvgIpc) is 2.34. The largest absolute Gasteiger partial charge is 0.508 e. The molecule has 0 unspecified atom stereocenters. The van der Waals surface area contributed by atoms with E-state index in [9.17, 15) is 9.50 Å². The highest BCUT2D eigenvalue weighted by molar-refractivity contribution is 5.28. The normalized spacial score (nSPS) is 19.6. The molecule has 1 saturated heterocycles. The molecule has 1 aliphatic rings. The summed E-state index contributed by atoms with van der Waals surface area (Å²) >= 11 is 0. The molecule has 1 atom stereocenters. The molecule has 3 nitrogen and oxygen atoms in total. The molecular weight excluding hydrogens is 207 g/mol. The smallest absolute Gasteiger partial charge is 0.115 e. The summed E-state index contributed by atoms with van der Waals surface area (Å²) < 4.78 is 13.1. The number of aromatic hydroxyl groups is 1. The second-order valence-corrected chi connectivity index (χ2v) is 4.05. The van der Waals surface area contributed by atoms with Crippen LogP contribution >= 0.6 is 0 Å². The van der Waals surface area contributed by atoms with Gasteiger partial charge in [0.1, 0.15) is 12.4 Å². The highest BCUT2D eigenvalue weighted by atomic mass is 19.1.